The van der Waals surface area contributed by atoms with Crippen LogP contribution < -0.4 is 10.5 Å². The van der Waals surface area contributed by atoms with E-state index in [0.29, 0.717) is 17.2 Å². The zero-order valence-electron chi connectivity index (χ0n) is 10.9. The Hall–Kier alpha value is -1.09. The molecule has 1 aromatic rings. The lowest BCUT2D eigenvalue weighted by molar-refractivity contribution is 0.382. The molecule has 0 aromatic heterocycles. The Morgan fingerprint density at radius 1 is 1.41 bits per heavy atom. The van der Waals surface area contributed by atoms with Gasteiger partial charge in [-0.25, -0.2) is 4.39 Å². The Kier molecular flexibility index (Phi) is 5.42. The summed E-state index contributed by atoms with van der Waals surface area (Å²) in [4.78, 5) is 0. The van der Waals surface area contributed by atoms with Crippen LogP contribution in [0.15, 0.2) is 18.2 Å². The van der Waals surface area contributed by atoms with Crippen LogP contribution in [0.2, 0.25) is 0 Å². The third kappa shape index (κ3) is 3.70. The molecule has 0 saturated carbocycles. The first kappa shape index (κ1) is 14.0. The van der Waals surface area contributed by atoms with E-state index in [9.17, 15) is 4.39 Å². The van der Waals surface area contributed by atoms with Crippen LogP contribution in [0.25, 0.3) is 0 Å². The van der Waals surface area contributed by atoms with Gasteiger partial charge in [-0.1, -0.05) is 32.8 Å². The quantitative estimate of drug-likeness (QED) is 0.822. The molecule has 96 valence electrons. The van der Waals surface area contributed by atoms with Crippen LogP contribution in [-0.2, 0) is 0 Å². The smallest absolute Gasteiger partial charge is 0.131 e. The summed E-state index contributed by atoms with van der Waals surface area (Å²) in [6.45, 7) is 4.29. The minimum atomic E-state index is -0.298. The molecular weight excluding hydrogens is 217 g/mol. The summed E-state index contributed by atoms with van der Waals surface area (Å²) in [6, 6.07) is 4.53. The Labute approximate surface area is 103 Å². The summed E-state index contributed by atoms with van der Waals surface area (Å²) in [5, 5.41) is 0. The van der Waals surface area contributed by atoms with Crippen LogP contribution in [0.3, 0.4) is 0 Å². The fourth-order valence-electron chi connectivity index (χ4n) is 2.22. The van der Waals surface area contributed by atoms with Gasteiger partial charge in [0.2, 0.25) is 0 Å². The van der Waals surface area contributed by atoms with Crippen LogP contribution in [0, 0.1) is 11.7 Å². The van der Waals surface area contributed by atoms with E-state index in [1.54, 1.807) is 19.2 Å². The van der Waals surface area contributed by atoms with Gasteiger partial charge in [0.15, 0.2) is 0 Å². The molecule has 17 heavy (non-hydrogen) atoms. The second-order valence-corrected chi connectivity index (χ2v) is 4.59. The van der Waals surface area contributed by atoms with Crippen molar-refractivity contribution in [3.8, 4) is 5.75 Å². The highest BCUT2D eigenvalue weighted by atomic mass is 19.1. The van der Waals surface area contributed by atoms with Crippen molar-refractivity contribution in [2.75, 3.05) is 7.11 Å². The summed E-state index contributed by atoms with van der Waals surface area (Å²) in [7, 11) is 1.54. The number of ether oxygens (including phenoxy) is 1. The predicted octanol–water partition coefficient (Wildman–Crippen LogP) is 3.66. The van der Waals surface area contributed by atoms with Gasteiger partial charge in [0.25, 0.3) is 0 Å². The molecule has 0 aliphatic rings. The molecule has 1 aromatic carbocycles. The van der Waals surface area contributed by atoms with Crippen LogP contribution >= 0.6 is 0 Å². The Morgan fingerprint density at radius 3 is 2.71 bits per heavy atom. The second kappa shape index (κ2) is 6.60. The van der Waals surface area contributed by atoms with Gasteiger partial charge in [0, 0.05) is 11.6 Å². The lowest BCUT2D eigenvalue weighted by Gasteiger charge is -2.19. The van der Waals surface area contributed by atoms with E-state index in [-0.39, 0.29) is 11.9 Å². The number of halogens is 1. The zero-order chi connectivity index (χ0) is 12.8. The summed E-state index contributed by atoms with van der Waals surface area (Å²) in [5.74, 6) is 0.765. The van der Waals surface area contributed by atoms with E-state index in [1.807, 2.05) is 0 Å². The molecular formula is C14H22FNO. The second-order valence-electron chi connectivity index (χ2n) is 4.59. The van der Waals surface area contributed by atoms with Crippen molar-refractivity contribution in [2.24, 2.45) is 11.7 Å². The summed E-state index contributed by atoms with van der Waals surface area (Å²) >= 11 is 0. The summed E-state index contributed by atoms with van der Waals surface area (Å²) < 4.78 is 18.9. The molecule has 0 aliphatic heterocycles. The van der Waals surface area contributed by atoms with Crippen molar-refractivity contribution in [3.05, 3.63) is 29.6 Å². The fourth-order valence-corrected chi connectivity index (χ4v) is 2.22. The van der Waals surface area contributed by atoms with Crippen molar-refractivity contribution in [1.29, 1.82) is 0 Å². The van der Waals surface area contributed by atoms with Crippen LogP contribution in [0.4, 0.5) is 4.39 Å². The van der Waals surface area contributed by atoms with Crippen molar-refractivity contribution < 1.29 is 9.13 Å². The minimum absolute atomic E-state index is 0.277. The lowest BCUT2D eigenvalue weighted by Crippen LogP contribution is -2.16. The first-order valence-electron chi connectivity index (χ1n) is 6.18. The average molecular weight is 239 g/mol. The number of hydrogen-bond acceptors (Lipinski definition) is 2. The molecule has 0 aliphatic carbocycles. The zero-order valence-corrected chi connectivity index (χ0v) is 10.9. The molecule has 0 heterocycles. The van der Waals surface area contributed by atoms with Crippen molar-refractivity contribution in [2.45, 2.75) is 39.2 Å². The van der Waals surface area contributed by atoms with Crippen LogP contribution in [0.5, 0.6) is 5.75 Å². The molecule has 2 nitrogen and oxygen atoms in total. The maximum atomic E-state index is 13.8. The average Bonchev–Trinajstić information content (AvgIpc) is 2.28. The molecule has 0 spiro atoms. The molecule has 2 atom stereocenters. The molecule has 2 unspecified atom stereocenters. The number of methoxy groups -OCH3 is 1. The summed E-state index contributed by atoms with van der Waals surface area (Å²) in [5.41, 5.74) is 6.58. The molecule has 1 rings (SSSR count). The molecule has 0 fully saturated rings. The minimum Gasteiger partial charge on any atom is -0.496 e. The largest absolute Gasteiger partial charge is 0.496 e. The molecule has 3 heteroatoms. The van der Waals surface area contributed by atoms with E-state index in [4.69, 9.17) is 10.5 Å². The lowest BCUT2D eigenvalue weighted by atomic mass is 9.93. The fraction of sp³-hybridized carbons (Fsp3) is 0.571. The van der Waals surface area contributed by atoms with Gasteiger partial charge < -0.3 is 10.5 Å². The number of hydrogen-bond donors (Lipinski definition) is 1. The van der Waals surface area contributed by atoms with Gasteiger partial charge in [-0.2, -0.15) is 0 Å². The Balaban J connectivity index is 2.84. The maximum Gasteiger partial charge on any atom is 0.131 e. The SMILES string of the molecule is CCCC(C)CC(N)c1c(F)cccc1OC. The topological polar surface area (TPSA) is 35.2 Å². The molecule has 0 saturated heterocycles. The number of rotatable bonds is 6. The predicted molar refractivity (Wildman–Crippen MR) is 68.6 cm³/mol. The highest BCUT2D eigenvalue weighted by Crippen LogP contribution is 2.30. The van der Waals surface area contributed by atoms with Gasteiger partial charge in [-0.15, -0.1) is 0 Å². The van der Waals surface area contributed by atoms with Crippen LogP contribution in [0.1, 0.15) is 44.7 Å². The monoisotopic (exact) mass is 239 g/mol. The number of nitrogens with two attached hydrogens (primary N) is 1. The highest BCUT2D eigenvalue weighted by molar-refractivity contribution is 5.37. The molecule has 0 bridgehead atoms. The first-order chi connectivity index (χ1) is 8.10. The maximum absolute atomic E-state index is 13.8. The van der Waals surface area contributed by atoms with E-state index in [2.05, 4.69) is 13.8 Å². The van der Waals surface area contributed by atoms with E-state index >= 15 is 0 Å². The highest BCUT2D eigenvalue weighted by Gasteiger charge is 2.18. The first-order valence-corrected chi connectivity index (χ1v) is 6.18. The van der Waals surface area contributed by atoms with Gasteiger partial charge >= 0.3 is 0 Å². The van der Waals surface area contributed by atoms with E-state index in [1.165, 1.54) is 6.07 Å². The number of benzene rings is 1. The van der Waals surface area contributed by atoms with Crippen molar-refractivity contribution in [1.82, 2.24) is 0 Å². The van der Waals surface area contributed by atoms with E-state index in [0.717, 1.165) is 19.3 Å². The normalized spacial score (nSPS) is 14.4. The van der Waals surface area contributed by atoms with Crippen molar-refractivity contribution in [3.63, 3.8) is 0 Å². The molecule has 2 N–H and O–H groups in total. The van der Waals surface area contributed by atoms with E-state index < -0.39 is 0 Å². The Morgan fingerprint density at radius 2 is 2.12 bits per heavy atom. The van der Waals surface area contributed by atoms with Gasteiger partial charge in [-0.3, -0.25) is 0 Å². The van der Waals surface area contributed by atoms with Crippen LogP contribution in [-0.4, -0.2) is 7.11 Å². The third-order valence-electron chi connectivity index (χ3n) is 3.04. The standard InChI is InChI=1S/C14H22FNO/c1-4-6-10(2)9-12(16)14-11(15)7-5-8-13(14)17-3/h5,7-8,10,12H,4,6,9,16H2,1-3H3. The van der Waals surface area contributed by atoms with Crippen molar-refractivity contribution >= 4 is 0 Å². The van der Waals surface area contributed by atoms with Gasteiger partial charge in [0.1, 0.15) is 11.6 Å². The van der Waals surface area contributed by atoms with Gasteiger partial charge in [0.05, 0.1) is 7.11 Å². The molecule has 0 amide bonds. The third-order valence-corrected chi connectivity index (χ3v) is 3.04. The Bertz CT molecular complexity index is 354. The van der Waals surface area contributed by atoms with Gasteiger partial charge in [-0.05, 0) is 24.5 Å². The molecule has 0 radical (unpaired) electrons. The summed E-state index contributed by atoms with van der Waals surface area (Å²) in [6.07, 6.45) is 3.03.